The van der Waals surface area contributed by atoms with Crippen LogP contribution in [-0.2, 0) is 11.3 Å². The van der Waals surface area contributed by atoms with E-state index in [9.17, 15) is 4.79 Å². The van der Waals surface area contributed by atoms with Gasteiger partial charge in [0, 0.05) is 16.6 Å². The molecule has 0 bridgehead atoms. The summed E-state index contributed by atoms with van der Waals surface area (Å²) in [7, 11) is 1.59. The van der Waals surface area contributed by atoms with Gasteiger partial charge in [-0.3, -0.25) is 4.79 Å². The number of aromatic nitrogens is 2. The largest absolute Gasteiger partial charge is 0.497 e. The third kappa shape index (κ3) is 5.48. The van der Waals surface area contributed by atoms with Gasteiger partial charge in [-0.25, -0.2) is 0 Å². The summed E-state index contributed by atoms with van der Waals surface area (Å²) in [6.07, 6.45) is 0. The van der Waals surface area contributed by atoms with Crippen molar-refractivity contribution in [1.82, 2.24) is 15.0 Å². The van der Waals surface area contributed by atoms with E-state index in [0.29, 0.717) is 22.5 Å². The number of methoxy groups -OCH3 is 1. The lowest BCUT2D eigenvalue weighted by Crippen LogP contribution is -2.39. The van der Waals surface area contributed by atoms with Crippen LogP contribution >= 0.6 is 11.6 Å². The van der Waals surface area contributed by atoms with Gasteiger partial charge in [-0.1, -0.05) is 16.8 Å². The molecule has 0 aliphatic heterocycles. The summed E-state index contributed by atoms with van der Waals surface area (Å²) in [6.45, 7) is 3.94. The molecule has 8 heteroatoms. The second-order valence-electron chi connectivity index (χ2n) is 6.60. The zero-order valence-electron chi connectivity index (χ0n) is 16.5. The van der Waals surface area contributed by atoms with Crippen LogP contribution < -0.4 is 9.47 Å². The maximum absolute atomic E-state index is 12.7. The standard InChI is InChI=1S/C21H22ClN3O4/c1-14(2)25(20(26)13-28-18-10-8-17(27-3)9-11-18)12-19-23-21(24-29-19)15-4-6-16(22)7-5-15/h4-11,14H,12-13H2,1-3H3. The third-order valence-electron chi connectivity index (χ3n) is 4.24. The van der Waals surface area contributed by atoms with E-state index in [1.807, 2.05) is 26.0 Å². The van der Waals surface area contributed by atoms with Crippen LogP contribution in [0.5, 0.6) is 11.5 Å². The van der Waals surface area contributed by atoms with Gasteiger partial charge in [0.05, 0.1) is 7.11 Å². The van der Waals surface area contributed by atoms with E-state index in [2.05, 4.69) is 10.1 Å². The van der Waals surface area contributed by atoms with Gasteiger partial charge in [-0.15, -0.1) is 0 Å². The van der Waals surface area contributed by atoms with Gasteiger partial charge in [-0.05, 0) is 62.4 Å². The molecule has 0 spiro atoms. The molecule has 1 amide bonds. The Hall–Kier alpha value is -3.06. The number of benzene rings is 2. The molecule has 0 saturated heterocycles. The summed E-state index contributed by atoms with van der Waals surface area (Å²) < 4.78 is 16.0. The number of carbonyl (C=O) groups is 1. The molecule has 7 nitrogen and oxygen atoms in total. The second kappa shape index (κ2) is 9.43. The Bertz CT molecular complexity index is 939. The molecule has 0 radical (unpaired) electrons. The van der Waals surface area contributed by atoms with Crippen LogP contribution in [0.4, 0.5) is 0 Å². The van der Waals surface area contributed by atoms with Crippen molar-refractivity contribution in [2.75, 3.05) is 13.7 Å². The summed E-state index contributed by atoms with van der Waals surface area (Å²) in [5.41, 5.74) is 0.787. The number of amides is 1. The highest BCUT2D eigenvalue weighted by molar-refractivity contribution is 6.30. The first-order chi connectivity index (χ1) is 14.0. The Morgan fingerprint density at radius 2 is 1.76 bits per heavy atom. The molecule has 3 rings (SSSR count). The van der Waals surface area contributed by atoms with Crippen molar-refractivity contribution in [3.63, 3.8) is 0 Å². The van der Waals surface area contributed by atoms with Crippen LogP contribution in [0.3, 0.4) is 0 Å². The molecule has 0 aliphatic carbocycles. The minimum atomic E-state index is -0.179. The molecule has 0 fully saturated rings. The summed E-state index contributed by atoms with van der Waals surface area (Å²) in [5.74, 6) is 1.93. The van der Waals surface area contributed by atoms with Crippen LogP contribution in [0.2, 0.25) is 5.02 Å². The second-order valence-corrected chi connectivity index (χ2v) is 7.03. The maximum Gasteiger partial charge on any atom is 0.261 e. The highest BCUT2D eigenvalue weighted by Crippen LogP contribution is 2.20. The topological polar surface area (TPSA) is 77.7 Å². The smallest absolute Gasteiger partial charge is 0.261 e. The molecule has 0 N–H and O–H groups in total. The van der Waals surface area contributed by atoms with E-state index < -0.39 is 0 Å². The van der Waals surface area contributed by atoms with Crippen molar-refractivity contribution in [3.8, 4) is 22.9 Å². The molecular weight excluding hydrogens is 394 g/mol. The SMILES string of the molecule is COc1ccc(OCC(=O)N(Cc2nc(-c3ccc(Cl)cc3)no2)C(C)C)cc1. The lowest BCUT2D eigenvalue weighted by atomic mass is 10.2. The number of ether oxygens (including phenoxy) is 2. The predicted octanol–water partition coefficient (Wildman–Crippen LogP) is 4.21. The lowest BCUT2D eigenvalue weighted by Gasteiger charge is -2.25. The average Bonchev–Trinajstić information content (AvgIpc) is 3.19. The number of carbonyl (C=O) groups excluding carboxylic acids is 1. The highest BCUT2D eigenvalue weighted by Gasteiger charge is 2.21. The molecule has 0 saturated carbocycles. The number of nitrogens with zero attached hydrogens (tertiary/aromatic N) is 3. The average molecular weight is 416 g/mol. The molecule has 1 aromatic heterocycles. The zero-order chi connectivity index (χ0) is 20.8. The molecule has 1 heterocycles. The minimum Gasteiger partial charge on any atom is -0.497 e. The number of halogens is 1. The Balaban J connectivity index is 1.63. The van der Waals surface area contributed by atoms with E-state index in [1.165, 1.54) is 0 Å². The highest BCUT2D eigenvalue weighted by atomic mass is 35.5. The molecule has 2 aromatic carbocycles. The summed E-state index contributed by atoms with van der Waals surface area (Å²) in [5, 5.41) is 4.62. The monoisotopic (exact) mass is 415 g/mol. The van der Waals surface area contributed by atoms with Crippen LogP contribution in [0.15, 0.2) is 53.1 Å². The van der Waals surface area contributed by atoms with Gasteiger partial charge >= 0.3 is 0 Å². The summed E-state index contributed by atoms with van der Waals surface area (Å²) >= 11 is 5.91. The Labute approximate surface area is 174 Å². The summed E-state index contributed by atoms with van der Waals surface area (Å²) in [6, 6.07) is 14.1. The molecular formula is C21H22ClN3O4. The Kier molecular flexibility index (Phi) is 6.72. The van der Waals surface area contributed by atoms with Gasteiger partial charge in [0.25, 0.3) is 5.91 Å². The first kappa shape index (κ1) is 20.7. The Morgan fingerprint density at radius 1 is 1.10 bits per heavy atom. The quantitative estimate of drug-likeness (QED) is 0.548. The number of rotatable bonds is 8. The van der Waals surface area contributed by atoms with Crippen molar-refractivity contribution >= 4 is 17.5 Å². The number of hydrogen-bond acceptors (Lipinski definition) is 6. The van der Waals surface area contributed by atoms with E-state index in [-0.39, 0.29) is 25.1 Å². The minimum absolute atomic E-state index is 0.0622. The molecule has 29 heavy (non-hydrogen) atoms. The van der Waals surface area contributed by atoms with Crippen molar-refractivity contribution < 1.29 is 18.8 Å². The summed E-state index contributed by atoms with van der Waals surface area (Å²) in [4.78, 5) is 18.7. The molecule has 3 aromatic rings. The van der Waals surface area contributed by atoms with Crippen molar-refractivity contribution in [2.24, 2.45) is 0 Å². The van der Waals surface area contributed by atoms with Crippen LogP contribution in [0, 0.1) is 0 Å². The fraction of sp³-hybridized carbons (Fsp3) is 0.286. The first-order valence-corrected chi connectivity index (χ1v) is 9.49. The van der Waals surface area contributed by atoms with Crippen molar-refractivity contribution in [1.29, 1.82) is 0 Å². The van der Waals surface area contributed by atoms with Gasteiger partial charge in [0.1, 0.15) is 18.0 Å². The molecule has 152 valence electrons. The van der Waals surface area contributed by atoms with Crippen LogP contribution in [-0.4, -0.2) is 40.7 Å². The third-order valence-corrected chi connectivity index (χ3v) is 4.49. The van der Waals surface area contributed by atoms with E-state index in [0.717, 1.165) is 11.3 Å². The van der Waals surface area contributed by atoms with E-state index in [4.69, 9.17) is 25.6 Å². The van der Waals surface area contributed by atoms with Gasteiger partial charge in [0.2, 0.25) is 11.7 Å². The van der Waals surface area contributed by atoms with Crippen molar-refractivity contribution in [3.05, 3.63) is 59.4 Å². The van der Waals surface area contributed by atoms with Gasteiger partial charge in [0.15, 0.2) is 6.61 Å². The van der Waals surface area contributed by atoms with E-state index in [1.54, 1.807) is 48.4 Å². The fourth-order valence-corrected chi connectivity index (χ4v) is 2.77. The molecule has 0 atom stereocenters. The number of hydrogen-bond donors (Lipinski definition) is 0. The van der Waals surface area contributed by atoms with Gasteiger partial charge < -0.3 is 18.9 Å². The van der Waals surface area contributed by atoms with Crippen LogP contribution in [0.25, 0.3) is 11.4 Å². The first-order valence-electron chi connectivity index (χ1n) is 9.11. The normalized spacial score (nSPS) is 10.8. The maximum atomic E-state index is 12.7. The van der Waals surface area contributed by atoms with Gasteiger partial charge in [-0.2, -0.15) is 4.98 Å². The van der Waals surface area contributed by atoms with Crippen molar-refractivity contribution in [2.45, 2.75) is 26.4 Å². The molecule has 0 aliphatic rings. The zero-order valence-corrected chi connectivity index (χ0v) is 17.2. The van der Waals surface area contributed by atoms with Crippen LogP contribution in [0.1, 0.15) is 19.7 Å². The molecule has 0 unspecified atom stereocenters. The Morgan fingerprint density at radius 3 is 2.38 bits per heavy atom. The lowest BCUT2D eigenvalue weighted by molar-refractivity contribution is -0.136. The van der Waals surface area contributed by atoms with E-state index >= 15 is 0 Å². The fourth-order valence-electron chi connectivity index (χ4n) is 2.64. The predicted molar refractivity (Wildman–Crippen MR) is 109 cm³/mol.